The molecule has 3 nitrogen and oxygen atoms in total. The predicted molar refractivity (Wildman–Crippen MR) is 67.0 cm³/mol. The molecule has 0 aliphatic heterocycles. The van der Waals surface area contributed by atoms with Gasteiger partial charge in [-0.1, -0.05) is 0 Å². The Bertz CT molecular complexity index is 156. The normalized spacial score (nSPS) is 12.5. The van der Waals surface area contributed by atoms with Crippen LogP contribution < -0.4 is 11.1 Å². The Hall–Kier alpha value is 0.130. The van der Waals surface area contributed by atoms with Gasteiger partial charge in [0.25, 0.3) is 0 Å². The molecule has 0 heterocycles. The molecule has 0 aromatic rings. The number of nitrogens with two attached hydrogens (primary N) is 1. The SMILES string of the molecule is CSCCCNC(=O)[C@@H](N)CCSC. The second kappa shape index (κ2) is 9.68. The standard InChI is InChI=1S/C9H20N2OS2/c1-13-6-3-5-11-9(12)8(10)4-7-14-2/h8H,3-7,10H2,1-2H3,(H,11,12)/t8-/m0/s1. The first-order valence-electron chi connectivity index (χ1n) is 4.73. The summed E-state index contributed by atoms with van der Waals surface area (Å²) in [7, 11) is 0. The van der Waals surface area contributed by atoms with E-state index in [0.29, 0.717) is 0 Å². The van der Waals surface area contributed by atoms with Gasteiger partial charge in [0.05, 0.1) is 6.04 Å². The molecule has 0 aliphatic rings. The van der Waals surface area contributed by atoms with Crippen molar-refractivity contribution >= 4 is 29.4 Å². The first-order chi connectivity index (χ1) is 6.72. The lowest BCUT2D eigenvalue weighted by Crippen LogP contribution is -2.41. The highest BCUT2D eigenvalue weighted by Gasteiger charge is 2.11. The molecule has 84 valence electrons. The minimum absolute atomic E-state index is 0.0137. The third kappa shape index (κ3) is 7.53. The summed E-state index contributed by atoms with van der Waals surface area (Å²) in [6, 6.07) is -0.336. The molecule has 1 atom stereocenters. The molecule has 0 radical (unpaired) electrons. The van der Waals surface area contributed by atoms with Crippen molar-refractivity contribution in [2.24, 2.45) is 5.73 Å². The first kappa shape index (κ1) is 14.1. The lowest BCUT2D eigenvalue weighted by Gasteiger charge is -2.10. The Morgan fingerprint density at radius 3 is 2.57 bits per heavy atom. The van der Waals surface area contributed by atoms with Crippen molar-refractivity contribution in [2.45, 2.75) is 18.9 Å². The first-order valence-corrected chi connectivity index (χ1v) is 7.52. The molecule has 14 heavy (non-hydrogen) atoms. The molecular formula is C9H20N2OS2. The van der Waals surface area contributed by atoms with Crippen molar-refractivity contribution in [2.75, 3.05) is 30.6 Å². The van der Waals surface area contributed by atoms with Crippen LogP contribution in [0.2, 0.25) is 0 Å². The molecule has 0 fully saturated rings. The van der Waals surface area contributed by atoms with E-state index in [2.05, 4.69) is 11.6 Å². The van der Waals surface area contributed by atoms with E-state index >= 15 is 0 Å². The van der Waals surface area contributed by atoms with Crippen molar-refractivity contribution in [3.05, 3.63) is 0 Å². The van der Waals surface area contributed by atoms with Crippen LogP contribution in [0.5, 0.6) is 0 Å². The third-order valence-corrected chi connectivity index (χ3v) is 3.14. The molecule has 0 rings (SSSR count). The largest absolute Gasteiger partial charge is 0.355 e. The van der Waals surface area contributed by atoms with Crippen molar-refractivity contribution in [1.82, 2.24) is 5.32 Å². The Morgan fingerprint density at radius 2 is 2.00 bits per heavy atom. The number of hydrogen-bond donors (Lipinski definition) is 2. The van der Waals surface area contributed by atoms with Gasteiger partial charge >= 0.3 is 0 Å². The summed E-state index contributed by atoms with van der Waals surface area (Å²) in [6.45, 7) is 0.743. The molecule has 0 aliphatic carbocycles. The maximum atomic E-state index is 11.4. The van der Waals surface area contributed by atoms with Crippen LogP contribution in [0.3, 0.4) is 0 Å². The van der Waals surface area contributed by atoms with Gasteiger partial charge in [0, 0.05) is 6.54 Å². The second-order valence-electron chi connectivity index (χ2n) is 3.03. The molecule has 5 heteroatoms. The summed E-state index contributed by atoms with van der Waals surface area (Å²) >= 11 is 3.51. The zero-order valence-corrected chi connectivity index (χ0v) is 10.5. The van der Waals surface area contributed by atoms with Crippen molar-refractivity contribution in [3.8, 4) is 0 Å². The number of carbonyl (C=O) groups is 1. The Balaban J connectivity index is 3.42. The highest BCUT2D eigenvalue weighted by Crippen LogP contribution is 1.99. The summed E-state index contributed by atoms with van der Waals surface area (Å²) in [6.07, 6.45) is 5.85. The van der Waals surface area contributed by atoms with Crippen LogP contribution in [0.4, 0.5) is 0 Å². The van der Waals surface area contributed by atoms with E-state index in [0.717, 1.165) is 30.9 Å². The van der Waals surface area contributed by atoms with Gasteiger partial charge in [0.1, 0.15) is 0 Å². The molecule has 0 aromatic heterocycles. The summed E-state index contributed by atoms with van der Waals surface area (Å²) in [5.41, 5.74) is 5.69. The zero-order valence-electron chi connectivity index (χ0n) is 8.91. The highest BCUT2D eigenvalue weighted by atomic mass is 32.2. The van der Waals surface area contributed by atoms with Gasteiger partial charge in [0.15, 0.2) is 0 Å². The van der Waals surface area contributed by atoms with Crippen LogP contribution in [0.1, 0.15) is 12.8 Å². The van der Waals surface area contributed by atoms with Crippen LogP contribution in [0, 0.1) is 0 Å². The van der Waals surface area contributed by atoms with Gasteiger partial charge in [-0.3, -0.25) is 4.79 Å². The van der Waals surface area contributed by atoms with Crippen LogP contribution in [0.25, 0.3) is 0 Å². The summed E-state index contributed by atoms with van der Waals surface area (Å²) in [5, 5.41) is 2.84. The van der Waals surface area contributed by atoms with Gasteiger partial charge < -0.3 is 11.1 Å². The molecule has 1 amide bonds. The fourth-order valence-electron chi connectivity index (χ4n) is 0.935. The maximum absolute atomic E-state index is 11.4. The van der Waals surface area contributed by atoms with Crippen molar-refractivity contribution in [1.29, 1.82) is 0 Å². The molecule has 0 unspecified atom stereocenters. The van der Waals surface area contributed by atoms with Crippen molar-refractivity contribution in [3.63, 3.8) is 0 Å². The Morgan fingerprint density at radius 1 is 1.36 bits per heavy atom. The molecule has 0 saturated carbocycles. The van der Waals surface area contributed by atoms with Crippen molar-refractivity contribution < 1.29 is 4.79 Å². The third-order valence-electron chi connectivity index (χ3n) is 1.79. The average molecular weight is 236 g/mol. The van der Waals surface area contributed by atoms with Crippen LogP contribution in [-0.2, 0) is 4.79 Å². The number of thioether (sulfide) groups is 2. The Kier molecular flexibility index (Phi) is 9.77. The molecule has 0 aromatic carbocycles. The topological polar surface area (TPSA) is 55.1 Å². The summed E-state index contributed by atoms with van der Waals surface area (Å²) in [5.74, 6) is 2.01. The fraction of sp³-hybridized carbons (Fsp3) is 0.889. The monoisotopic (exact) mass is 236 g/mol. The maximum Gasteiger partial charge on any atom is 0.236 e. The number of nitrogens with one attached hydrogen (secondary N) is 1. The minimum atomic E-state index is -0.336. The van der Waals surface area contributed by atoms with Gasteiger partial charge in [-0.15, -0.1) is 0 Å². The zero-order chi connectivity index (χ0) is 10.8. The van der Waals surface area contributed by atoms with Crippen LogP contribution in [0.15, 0.2) is 0 Å². The Labute approximate surface area is 95.0 Å². The van der Waals surface area contributed by atoms with Crippen LogP contribution in [-0.4, -0.2) is 42.5 Å². The van der Waals surface area contributed by atoms with E-state index in [9.17, 15) is 4.79 Å². The summed E-state index contributed by atoms with van der Waals surface area (Å²) < 4.78 is 0. The lowest BCUT2D eigenvalue weighted by atomic mass is 10.2. The fourth-order valence-corrected chi connectivity index (χ4v) is 1.86. The van der Waals surface area contributed by atoms with E-state index < -0.39 is 0 Å². The minimum Gasteiger partial charge on any atom is -0.355 e. The number of amides is 1. The second-order valence-corrected chi connectivity index (χ2v) is 5.00. The molecule has 0 saturated heterocycles. The molecule has 3 N–H and O–H groups in total. The lowest BCUT2D eigenvalue weighted by molar-refractivity contribution is -0.122. The van der Waals surface area contributed by atoms with E-state index in [1.807, 2.05) is 6.26 Å². The average Bonchev–Trinajstić information content (AvgIpc) is 2.20. The number of hydrogen-bond acceptors (Lipinski definition) is 4. The molecule has 0 spiro atoms. The van der Waals surface area contributed by atoms with Crippen LogP contribution >= 0.6 is 23.5 Å². The van der Waals surface area contributed by atoms with Gasteiger partial charge in [-0.2, -0.15) is 23.5 Å². The predicted octanol–water partition coefficient (Wildman–Crippen LogP) is 0.936. The smallest absolute Gasteiger partial charge is 0.236 e. The van der Waals surface area contributed by atoms with Gasteiger partial charge in [-0.25, -0.2) is 0 Å². The molecular weight excluding hydrogens is 216 g/mol. The van der Waals surface area contributed by atoms with E-state index in [-0.39, 0.29) is 11.9 Å². The molecule has 0 bridgehead atoms. The highest BCUT2D eigenvalue weighted by molar-refractivity contribution is 7.98. The van der Waals surface area contributed by atoms with E-state index in [1.165, 1.54) is 0 Å². The summed E-state index contributed by atoms with van der Waals surface area (Å²) in [4.78, 5) is 11.4. The van der Waals surface area contributed by atoms with Gasteiger partial charge in [-0.05, 0) is 36.9 Å². The quantitative estimate of drug-likeness (QED) is 0.616. The number of carbonyl (C=O) groups excluding carboxylic acids is 1. The van der Waals surface area contributed by atoms with Gasteiger partial charge in [0.2, 0.25) is 5.91 Å². The van der Waals surface area contributed by atoms with E-state index in [4.69, 9.17) is 5.73 Å². The van der Waals surface area contributed by atoms with E-state index in [1.54, 1.807) is 23.5 Å². The number of rotatable bonds is 8.